The summed E-state index contributed by atoms with van der Waals surface area (Å²) in [6.45, 7) is 4.37. The van der Waals surface area contributed by atoms with E-state index in [9.17, 15) is 0 Å². The molecular formula is C13H20N2O. The number of piperidine rings is 1. The first-order chi connectivity index (χ1) is 7.78. The highest BCUT2D eigenvalue weighted by Crippen LogP contribution is 2.17. The average Bonchev–Trinajstić information content (AvgIpc) is 2.33. The highest BCUT2D eigenvalue weighted by molar-refractivity contribution is 5.20. The number of likely N-dealkylation sites (tertiary alicyclic amines) is 1. The molecule has 1 aliphatic rings. The molecule has 1 fully saturated rings. The van der Waals surface area contributed by atoms with Gasteiger partial charge in [-0.25, -0.2) is 0 Å². The number of ether oxygens (including phenoxy) is 1. The van der Waals surface area contributed by atoms with Crippen LogP contribution in [0.1, 0.15) is 25.5 Å². The van der Waals surface area contributed by atoms with Crippen LogP contribution in [0.5, 0.6) is 5.75 Å². The second-order valence-corrected chi connectivity index (χ2v) is 4.46. The van der Waals surface area contributed by atoms with Crippen LogP contribution in [-0.2, 0) is 6.42 Å². The highest BCUT2D eigenvalue weighted by Gasteiger charge is 2.17. The lowest BCUT2D eigenvalue weighted by Gasteiger charge is -2.29. The Morgan fingerprint density at radius 2 is 2.12 bits per heavy atom. The van der Waals surface area contributed by atoms with Gasteiger partial charge in [-0.05, 0) is 38.4 Å². The minimum absolute atomic E-state index is 0.366. The third-order valence-corrected chi connectivity index (χ3v) is 3.13. The first-order valence-corrected chi connectivity index (χ1v) is 6.08. The predicted molar refractivity (Wildman–Crippen MR) is 64.8 cm³/mol. The molecule has 0 spiro atoms. The molecule has 0 aliphatic carbocycles. The molecule has 0 radical (unpaired) electrons. The molecule has 1 aromatic heterocycles. The zero-order valence-electron chi connectivity index (χ0n) is 10.1. The summed E-state index contributed by atoms with van der Waals surface area (Å²) in [5, 5.41) is 0. The molecule has 2 rings (SSSR count). The van der Waals surface area contributed by atoms with Crippen molar-refractivity contribution in [2.45, 2.75) is 32.3 Å². The predicted octanol–water partition coefficient (Wildman–Crippen LogP) is 2.12. The lowest BCUT2D eigenvalue weighted by Crippen LogP contribution is -2.35. The van der Waals surface area contributed by atoms with Crippen molar-refractivity contribution in [1.82, 2.24) is 9.88 Å². The van der Waals surface area contributed by atoms with Gasteiger partial charge in [0.1, 0.15) is 11.9 Å². The van der Waals surface area contributed by atoms with Gasteiger partial charge in [-0.3, -0.25) is 4.98 Å². The van der Waals surface area contributed by atoms with Gasteiger partial charge in [-0.2, -0.15) is 0 Å². The fraction of sp³-hybridized carbons (Fsp3) is 0.615. The normalized spacial score (nSPS) is 18.6. The Labute approximate surface area is 97.4 Å². The molecule has 0 amide bonds. The van der Waals surface area contributed by atoms with Gasteiger partial charge in [-0.1, -0.05) is 6.92 Å². The second-order valence-electron chi connectivity index (χ2n) is 4.46. The molecule has 1 aliphatic heterocycles. The van der Waals surface area contributed by atoms with E-state index in [-0.39, 0.29) is 0 Å². The minimum atomic E-state index is 0.366. The van der Waals surface area contributed by atoms with Crippen LogP contribution in [0.25, 0.3) is 0 Å². The standard InChI is InChI=1S/C13H20N2O/c1-3-11-4-5-13(10-14-11)16-12-6-8-15(2)9-7-12/h4-5,10,12H,3,6-9H2,1-2H3. The Morgan fingerprint density at radius 3 is 2.69 bits per heavy atom. The fourth-order valence-corrected chi connectivity index (χ4v) is 1.98. The van der Waals surface area contributed by atoms with Crippen LogP contribution < -0.4 is 4.74 Å². The summed E-state index contributed by atoms with van der Waals surface area (Å²) in [6, 6.07) is 4.08. The Bertz CT molecular complexity index is 315. The van der Waals surface area contributed by atoms with Crippen molar-refractivity contribution in [1.29, 1.82) is 0 Å². The van der Waals surface area contributed by atoms with E-state index in [4.69, 9.17) is 4.74 Å². The maximum atomic E-state index is 5.91. The molecule has 0 saturated carbocycles. The summed E-state index contributed by atoms with van der Waals surface area (Å²) >= 11 is 0. The van der Waals surface area contributed by atoms with Crippen LogP contribution >= 0.6 is 0 Å². The maximum Gasteiger partial charge on any atom is 0.138 e. The summed E-state index contributed by atoms with van der Waals surface area (Å²) in [5.74, 6) is 0.909. The van der Waals surface area contributed by atoms with E-state index in [0.29, 0.717) is 6.10 Å². The largest absolute Gasteiger partial charge is 0.489 e. The molecule has 0 bridgehead atoms. The third kappa shape index (κ3) is 2.95. The summed E-state index contributed by atoms with van der Waals surface area (Å²) < 4.78 is 5.91. The Morgan fingerprint density at radius 1 is 1.38 bits per heavy atom. The Hall–Kier alpha value is -1.09. The number of hydrogen-bond acceptors (Lipinski definition) is 3. The number of aromatic nitrogens is 1. The molecule has 0 aromatic carbocycles. The SMILES string of the molecule is CCc1ccc(OC2CCN(C)CC2)cn1. The zero-order chi connectivity index (χ0) is 11.4. The fourth-order valence-electron chi connectivity index (χ4n) is 1.98. The van der Waals surface area contributed by atoms with Crippen LogP contribution in [0.15, 0.2) is 18.3 Å². The van der Waals surface area contributed by atoms with E-state index in [2.05, 4.69) is 23.9 Å². The van der Waals surface area contributed by atoms with Gasteiger partial charge >= 0.3 is 0 Å². The maximum absolute atomic E-state index is 5.91. The molecule has 1 aromatic rings. The molecule has 0 unspecified atom stereocenters. The van der Waals surface area contributed by atoms with Crippen molar-refractivity contribution in [3.05, 3.63) is 24.0 Å². The topological polar surface area (TPSA) is 25.4 Å². The molecule has 88 valence electrons. The lowest BCUT2D eigenvalue weighted by atomic mass is 10.1. The monoisotopic (exact) mass is 220 g/mol. The quantitative estimate of drug-likeness (QED) is 0.780. The van der Waals surface area contributed by atoms with Crippen LogP contribution in [-0.4, -0.2) is 36.1 Å². The number of nitrogens with zero attached hydrogens (tertiary/aromatic N) is 2. The van der Waals surface area contributed by atoms with Crippen LogP contribution in [0, 0.1) is 0 Å². The van der Waals surface area contributed by atoms with Gasteiger partial charge in [-0.15, -0.1) is 0 Å². The van der Waals surface area contributed by atoms with Crippen molar-refractivity contribution < 1.29 is 4.74 Å². The van der Waals surface area contributed by atoms with Crippen molar-refractivity contribution in [3.63, 3.8) is 0 Å². The molecule has 16 heavy (non-hydrogen) atoms. The van der Waals surface area contributed by atoms with E-state index in [0.717, 1.165) is 43.8 Å². The third-order valence-electron chi connectivity index (χ3n) is 3.13. The summed E-state index contributed by atoms with van der Waals surface area (Å²) in [5.41, 5.74) is 1.12. The van der Waals surface area contributed by atoms with Crippen LogP contribution in [0.2, 0.25) is 0 Å². The van der Waals surface area contributed by atoms with E-state index in [1.165, 1.54) is 0 Å². The second kappa shape index (κ2) is 5.30. The smallest absolute Gasteiger partial charge is 0.138 e. The summed E-state index contributed by atoms with van der Waals surface area (Å²) in [4.78, 5) is 6.69. The Balaban J connectivity index is 1.88. The lowest BCUT2D eigenvalue weighted by molar-refractivity contribution is 0.114. The van der Waals surface area contributed by atoms with Gasteiger partial charge in [0.15, 0.2) is 0 Å². The van der Waals surface area contributed by atoms with Gasteiger partial charge in [0.25, 0.3) is 0 Å². The average molecular weight is 220 g/mol. The first-order valence-electron chi connectivity index (χ1n) is 6.08. The Kier molecular flexibility index (Phi) is 3.78. The minimum Gasteiger partial charge on any atom is -0.489 e. The molecule has 2 heterocycles. The number of hydrogen-bond donors (Lipinski definition) is 0. The van der Waals surface area contributed by atoms with Crippen molar-refractivity contribution in [3.8, 4) is 5.75 Å². The molecule has 1 saturated heterocycles. The molecule has 0 N–H and O–H groups in total. The molecule has 0 atom stereocenters. The summed E-state index contributed by atoms with van der Waals surface area (Å²) in [7, 11) is 2.16. The van der Waals surface area contributed by atoms with E-state index < -0.39 is 0 Å². The molecule has 3 nitrogen and oxygen atoms in total. The van der Waals surface area contributed by atoms with Crippen molar-refractivity contribution in [2.75, 3.05) is 20.1 Å². The van der Waals surface area contributed by atoms with Crippen LogP contribution in [0.4, 0.5) is 0 Å². The zero-order valence-corrected chi connectivity index (χ0v) is 10.1. The number of rotatable bonds is 3. The molecular weight excluding hydrogens is 200 g/mol. The van der Waals surface area contributed by atoms with Gasteiger partial charge in [0, 0.05) is 18.8 Å². The van der Waals surface area contributed by atoms with Crippen molar-refractivity contribution >= 4 is 0 Å². The van der Waals surface area contributed by atoms with Crippen LogP contribution in [0.3, 0.4) is 0 Å². The number of pyridine rings is 1. The van der Waals surface area contributed by atoms with E-state index in [1.807, 2.05) is 18.3 Å². The van der Waals surface area contributed by atoms with Gasteiger partial charge in [0.05, 0.1) is 6.20 Å². The van der Waals surface area contributed by atoms with Gasteiger partial charge < -0.3 is 9.64 Å². The van der Waals surface area contributed by atoms with Gasteiger partial charge in [0.2, 0.25) is 0 Å². The number of aryl methyl sites for hydroxylation is 1. The molecule has 3 heteroatoms. The van der Waals surface area contributed by atoms with Crippen molar-refractivity contribution in [2.24, 2.45) is 0 Å². The van der Waals surface area contributed by atoms with E-state index >= 15 is 0 Å². The first kappa shape index (κ1) is 11.4. The highest BCUT2D eigenvalue weighted by atomic mass is 16.5. The summed E-state index contributed by atoms with van der Waals surface area (Å²) in [6.07, 6.45) is 5.43. The van der Waals surface area contributed by atoms with E-state index in [1.54, 1.807) is 0 Å².